The number of aliphatic carboxylic acids is 3. The Morgan fingerprint density at radius 1 is 0.605 bits per heavy atom. The third-order valence-corrected chi connectivity index (χ3v) is 5.65. The molecule has 0 radical (unpaired) electrons. The molecule has 212 valence electrons. The molecule has 16 heteroatoms. The third-order valence-electron chi connectivity index (χ3n) is 5.65. The molecule has 1 aliphatic rings. The van der Waals surface area contributed by atoms with Crippen LogP contribution in [0.1, 0.15) is 0 Å². The Labute approximate surface area is 214 Å². The summed E-state index contributed by atoms with van der Waals surface area (Å²) in [6.07, 6.45) is 0. The topological polar surface area (TPSA) is 151 Å². The van der Waals surface area contributed by atoms with Gasteiger partial charge in [-0.15, -0.1) is 0 Å². The number of carboxylic acid groups (broad SMARTS) is 3. The Balaban J connectivity index is 2.19. The van der Waals surface area contributed by atoms with E-state index in [-0.39, 0.29) is 78.1 Å². The van der Waals surface area contributed by atoms with Crippen LogP contribution in [0.25, 0.3) is 0 Å². The summed E-state index contributed by atoms with van der Waals surface area (Å²) >= 11 is 0. The highest BCUT2D eigenvalue weighted by Crippen LogP contribution is 2.24. The van der Waals surface area contributed by atoms with Crippen molar-refractivity contribution < 1.29 is 56.8 Å². The van der Waals surface area contributed by atoms with Crippen molar-refractivity contribution in [1.82, 2.24) is 19.6 Å². The molecule has 3 N–H and O–H groups in total. The van der Waals surface area contributed by atoms with Gasteiger partial charge in [0.2, 0.25) is 11.6 Å². The minimum Gasteiger partial charge on any atom is -0.480 e. The van der Waals surface area contributed by atoms with Gasteiger partial charge in [-0.05, 0) is 0 Å². The summed E-state index contributed by atoms with van der Waals surface area (Å²) < 4.78 is 58.7. The molecule has 1 fully saturated rings. The van der Waals surface area contributed by atoms with Gasteiger partial charge >= 0.3 is 23.9 Å². The molecule has 0 amide bonds. The molecule has 1 aromatic rings. The lowest BCUT2D eigenvalue weighted by Gasteiger charge is -2.32. The minimum atomic E-state index is -2.15. The maximum absolute atomic E-state index is 13.9. The zero-order chi connectivity index (χ0) is 28.4. The molecule has 1 aliphatic heterocycles. The molecule has 0 atom stereocenters. The van der Waals surface area contributed by atoms with Crippen LogP contribution >= 0.6 is 0 Å². The number of esters is 1. The van der Waals surface area contributed by atoms with E-state index in [4.69, 9.17) is 4.74 Å². The number of halogens is 4. The number of benzene rings is 1. The molecule has 0 bridgehead atoms. The first-order valence-electron chi connectivity index (χ1n) is 11.4. The van der Waals surface area contributed by atoms with Crippen molar-refractivity contribution >= 4 is 23.9 Å². The van der Waals surface area contributed by atoms with Crippen LogP contribution in [0.5, 0.6) is 5.75 Å². The maximum atomic E-state index is 13.9. The highest BCUT2D eigenvalue weighted by Gasteiger charge is 2.24. The van der Waals surface area contributed by atoms with Gasteiger partial charge in [-0.2, -0.15) is 4.39 Å². The second-order valence-corrected chi connectivity index (χ2v) is 8.56. The van der Waals surface area contributed by atoms with Gasteiger partial charge in [0.25, 0.3) is 0 Å². The van der Waals surface area contributed by atoms with Gasteiger partial charge in [0, 0.05) is 58.4 Å². The van der Waals surface area contributed by atoms with E-state index in [2.05, 4.69) is 0 Å². The van der Waals surface area contributed by atoms with Crippen LogP contribution in [0.3, 0.4) is 0 Å². The zero-order valence-corrected chi connectivity index (χ0v) is 20.2. The number of carbonyl (C=O) groups excluding carboxylic acids is 1. The number of nitrogens with zero attached hydrogens (tertiary/aromatic N) is 4. The molecule has 2 rings (SSSR count). The predicted octanol–water partition coefficient (Wildman–Crippen LogP) is -0.376. The smallest absolute Gasteiger partial charge is 0.325 e. The molecule has 1 aromatic carbocycles. The SMILES string of the molecule is O=C(O)CN1CCN(CC(=O)O)CCN(CC(=O)Oc2cc(F)c(F)c(F)c2F)CCN(CC(=O)O)CC1. The summed E-state index contributed by atoms with van der Waals surface area (Å²) in [5, 5.41) is 27.6. The molecule has 0 aliphatic carbocycles. The number of hydrogen-bond acceptors (Lipinski definition) is 9. The van der Waals surface area contributed by atoms with Crippen molar-refractivity contribution in [3.63, 3.8) is 0 Å². The van der Waals surface area contributed by atoms with E-state index in [0.29, 0.717) is 0 Å². The van der Waals surface area contributed by atoms with Gasteiger partial charge in [-0.1, -0.05) is 0 Å². The maximum Gasteiger partial charge on any atom is 0.325 e. The summed E-state index contributed by atoms with van der Waals surface area (Å²) in [6, 6.07) is 0.189. The quantitative estimate of drug-likeness (QED) is 0.120. The highest BCUT2D eigenvalue weighted by molar-refractivity contribution is 5.74. The van der Waals surface area contributed by atoms with Crippen LogP contribution in [-0.4, -0.2) is 137 Å². The molecule has 12 nitrogen and oxygen atoms in total. The van der Waals surface area contributed by atoms with Crippen molar-refractivity contribution in [3.05, 3.63) is 29.3 Å². The van der Waals surface area contributed by atoms with Gasteiger partial charge in [0.1, 0.15) is 0 Å². The molecule has 0 unspecified atom stereocenters. The van der Waals surface area contributed by atoms with E-state index < -0.39 is 59.4 Å². The van der Waals surface area contributed by atoms with E-state index in [1.54, 1.807) is 4.90 Å². The average molecular weight is 552 g/mol. The number of carboxylic acids is 3. The van der Waals surface area contributed by atoms with Gasteiger partial charge < -0.3 is 20.1 Å². The van der Waals surface area contributed by atoms with Crippen molar-refractivity contribution in [2.75, 3.05) is 78.5 Å². The Kier molecular flexibility index (Phi) is 11.8. The number of carbonyl (C=O) groups is 4. The molecule has 38 heavy (non-hydrogen) atoms. The van der Waals surface area contributed by atoms with E-state index in [9.17, 15) is 52.1 Å². The Hall–Kier alpha value is -3.34. The summed E-state index contributed by atoms with van der Waals surface area (Å²) in [6.45, 7) is -0.727. The second-order valence-electron chi connectivity index (χ2n) is 8.56. The predicted molar refractivity (Wildman–Crippen MR) is 121 cm³/mol. The molecular formula is C22H28F4N4O8. The summed E-state index contributed by atoms with van der Waals surface area (Å²) in [5.74, 6) is -13.6. The van der Waals surface area contributed by atoms with Crippen LogP contribution in [0, 0.1) is 23.3 Å². The first kappa shape index (κ1) is 30.9. The Morgan fingerprint density at radius 3 is 1.29 bits per heavy atom. The summed E-state index contributed by atoms with van der Waals surface area (Å²) in [5.41, 5.74) is 0. The molecule has 1 heterocycles. The van der Waals surface area contributed by atoms with Gasteiger partial charge in [-0.3, -0.25) is 38.8 Å². The van der Waals surface area contributed by atoms with Crippen molar-refractivity contribution in [3.8, 4) is 5.75 Å². The number of rotatable bonds is 9. The van der Waals surface area contributed by atoms with Gasteiger partial charge in [0.15, 0.2) is 17.4 Å². The first-order valence-corrected chi connectivity index (χ1v) is 11.4. The fraction of sp³-hybridized carbons (Fsp3) is 0.545. The van der Waals surface area contributed by atoms with Crippen LogP contribution in [0.4, 0.5) is 17.6 Å². The number of ether oxygens (including phenoxy) is 1. The normalized spacial score (nSPS) is 17.4. The average Bonchev–Trinajstić information content (AvgIpc) is 2.81. The Morgan fingerprint density at radius 2 is 0.947 bits per heavy atom. The first-order chi connectivity index (χ1) is 17.8. The molecular weight excluding hydrogens is 524 g/mol. The third kappa shape index (κ3) is 10.2. The van der Waals surface area contributed by atoms with Crippen molar-refractivity contribution in [2.45, 2.75) is 0 Å². The second kappa shape index (κ2) is 14.6. The van der Waals surface area contributed by atoms with Crippen LogP contribution in [-0.2, 0) is 19.2 Å². The molecule has 1 saturated heterocycles. The van der Waals surface area contributed by atoms with Gasteiger partial charge in [0.05, 0.1) is 26.2 Å². The van der Waals surface area contributed by atoms with Crippen LogP contribution in [0.15, 0.2) is 6.07 Å². The van der Waals surface area contributed by atoms with Crippen molar-refractivity contribution in [2.24, 2.45) is 0 Å². The van der Waals surface area contributed by atoms with E-state index in [0.717, 1.165) is 0 Å². The van der Waals surface area contributed by atoms with Crippen LogP contribution < -0.4 is 4.74 Å². The van der Waals surface area contributed by atoms with E-state index in [1.165, 1.54) is 14.7 Å². The fourth-order valence-corrected chi connectivity index (χ4v) is 3.75. The zero-order valence-electron chi connectivity index (χ0n) is 20.2. The molecule has 0 saturated carbocycles. The van der Waals surface area contributed by atoms with E-state index in [1.807, 2.05) is 0 Å². The largest absolute Gasteiger partial charge is 0.480 e. The summed E-state index contributed by atoms with van der Waals surface area (Å²) in [4.78, 5) is 52.3. The Bertz CT molecular complexity index is 1000. The number of hydrogen-bond donors (Lipinski definition) is 3. The lowest BCUT2D eigenvalue weighted by Crippen LogP contribution is -2.49. The lowest BCUT2D eigenvalue weighted by atomic mass is 10.3. The lowest BCUT2D eigenvalue weighted by molar-refractivity contribution is -0.141. The summed E-state index contributed by atoms with van der Waals surface area (Å²) in [7, 11) is 0. The fourth-order valence-electron chi connectivity index (χ4n) is 3.75. The minimum absolute atomic E-state index is 0.0524. The van der Waals surface area contributed by atoms with E-state index >= 15 is 0 Å². The van der Waals surface area contributed by atoms with Crippen LogP contribution in [0.2, 0.25) is 0 Å². The molecule has 0 spiro atoms. The monoisotopic (exact) mass is 552 g/mol. The van der Waals surface area contributed by atoms with Crippen molar-refractivity contribution in [1.29, 1.82) is 0 Å². The molecule has 0 aromatic heterocycles. The standard InChI is InChI=1S/C22H28F4N4O8/c23-14-9-15(21(25)22(26)20(14)24)38-19(37)13-30-7-5-28(11-17(33)34)3-1-27(10-16(31)32)2-4-29(6-8-30)12-18(35)36/h9H,1-8,10-13H2,(H,31,32)(H,33,34)(H,35,36). The van der Waals surface area contributed by atoms with Gasteiger partial charge in [-0.25, -0.2) is 13.2 Å². The highest BCUT2D eigenvalue weighted by atomic mass is 19.2.